The molecule has 2 rings (SSSR count). The molecule has 0 saturated carbocycles. The standard InChI is InChI=1S/C14H13BrClNS/c1-18-14-5-3-2-4-11(14)12(15)8-10-6-7-17-9-13(10)16/h2-7,9,12H,8H2,1H3. The van der Waals surface area contributed by atoms with E-state index in [-0.39, 0.29) is 4.83 Å². The van der Waals surface area contributed by atoms with Gasteiger partial charge in [0.15, 0.2) is 0 Å². The lowest BCUT2D eigenvalue weighted by Gasteiger charge is -2.14. The van der Waals surface area contributed by atoms with E-state index < -0.39 is 0 Å². The summed E-state index contributed by atoms with van der Waals surface area (Å²) in [5, 5.41) is 0.726. The van der Waals surface area contributed by atoms with E-state index in [1.54, 1.807) is 24.2 Å². The fourth-order valence-corrected chi connectivity index (χ4v) is 3.55. The van der Waals surface area contributed by atoms with Crippen molar-refractivity contribution < 1.29 is 0 Å². The number of nitrogens with zero attached hydrogens (tertiary/aromatic N) is 1. The number of aromatic nitrogens is 1. The zero-order chi connectivity index (χ0) is 13.0. The summed E-state index contributed by atoms with van der Waals surface area (Å²) < 4.78 is 0. The summed E-state index contributed by atoms with van der Waals surface area (Å²) in [4.78, 5) is 5.57. The highest BCUT2D eigenvalue weighted by atomic mass is 79.9. The van der Waals surface area contributed by atoms with Crippen molar-refractivity contribution in [2.24, 2.45) is 0 Å². The summed E-state index contributed by atoms with van der Waals surface area (Å²) in [5.74, 6) is 0. The second-order valence-corrected chi connectivity index (χ2v) is 6.24. The van der Waals surface area contributed by atoms with Crippen molar-refractivity contribution in [1.82, 2.24) is 4.98 Å². The number of rotatable bonds is 4. The number of halogens is 2. The van der Waals surface area contributed by atoms with Crippen LogP contribution in [0.5, 0.6) is 0 Å². The lowest BCUT2D eigenvalue weighted by atomic mass is 10.1. The molecule has 0 radical (unpaired) electrons. The molecule has 1 unspecified atom stereocenters. The highest BCUT2D eigenvalue weighted by Crippen LogP contribution is 2.34. The molecule has 1 nitrogen and oxygen atoms in total. The van der Waals surface area contributed by atoms with Crippen LogP contribution in [0.15, 0.2) is 47.6 Å². The number of thioether (sulfide) groups is 1. The molecule has 0 aliphatic heterocycles. The van der Waals surface area contributed by atoms with Gasteiger partial charge in [-0.2, -0.15) is 0 Å². The number of hydrogen-bond donors (Lipinski definition) is 0. The summed E-state index contributed by atoms with van der Waals surface area (Å²) in [7, 11) is 0. The minimum absolute atomic E-state index is 0.265. The van der Waals surface area contributed by atoms with Crippen LogP contribution in [0.2, 0.25) is 5.02 Å². The normalized spacial score (nSPS) is 12.4. The molecule has 0 aliphatic carbocycles. The van der Waals surface area contributed by atoms with Crippen molar-refractivity contribution in [1.29, 1.82) is 0 Å². The summed E-state index contributed by atoms with van der Waals surface area (Å²) in [5.41, 5.74) is 2.42. The number of pyridine rings is 1. The maximum Gasteiger partial charge on any atom is 0.0621 e. The first-order valence-corrected chi connectivity index (χ1v) is 8.09. The van der Waals surface area contributed by atoms with Gasteiger partial charge in [-0.3, -0.25) is 4.98 Å². The lowest BCUT2D eigenvalue weighted by Crippen LogP contribution is -1.98. The number of benzene rings is 1. The summed E-state index contributed by atoms with van der Waals surface area (Å²) in [6.45, 7) is 0. The molecule has 1 aromatic carbocycles. The van der Waals surface area contributed by atoms with Gasteiger partial charge < -0.3 is 0 Å². The van der Waals surface area contributed by atoms with Crippen LogP contribution in [-0.2, 0) is 6.42 Å². The second-order valence-electron chi connectivity index (χ2n) is 3.88. The Hall–Kier alpha value is -0.510. The van der Waals surface area contributed by atoms with Crippen LogP contribution in [0.4, 0.5) is 0 Å². The van der Waals surface area contributed by atoms with Gasteiger partial charge in [-0.25, -0.2) is 0 Å². The summed E-state index contributed by atoms with van der Waals surface area (Å²) in [6, 6.07) is 10.4. The Morgan fingerprint density at radius 2 is 2.11 bits per heavy atom. The van der Waals surface area contributed by atoms with Gasteiger partial charge in [-0.05, 0) is 35.9 Å². The average molecular weight is 343 g/mol. The summed E-state index contributed by atoms with van der Waals surface area (Å²) in [6.07, 6.45) is 6.43. The Balaban J connectivity index is 2.22. The minimum atomic E-state index is 0.265. The molecular formula is C14H13BrClNS. The fourth-order valence-electron chi connectivity index (χ4n) is 1.80. The quantitative estimate of drug-likeness (QED) is 0.564. The van der Waals surface area contributed by atoms with Gasteiger partial charge in [0, 0.05) is 22.1 Å². The van der Waals surface area contributed by atoms with E-state index in [1.165, 1.54) is 10.5 Å². The smallest absolute Gasteiger partial charge is 0.0621 e. The van der Waals surface area contributed by atoms with Gasteiger partial charge in [0.1, 0.15) is 0 Å². The van der Waals surface area contributed by atoms with Crippen LogP contribution < -0.4 is 0 Å². The van der Waals surface area contributed by atoms with Crippen molar-refractivity contribution in [2.45, 2.75) is 16.1 Å². The fraction of sp³-hybridized carbons (Fsp3) is 0.214. The Labute approximate surface area is 125 Å². The molecule has 0 amide bonds. The maximum atomic E-state index is 6.14. The number of alkyl halides is 1. The number of hydrogen-bond acceptors (Lipinski definition) is 2. The maximum absolute atomic E-state index is 6.14. The van der Waals surface area contributed by atoms with Gasteiger partial charge in [0.05, 0.1) is 5.02 Å². The zero-order valence-corrected chi connectivity index (χ0v) is 13.1. The van der Waals surface area contributed by atoms with E-state index in [1.807, 2.05) is 6.07 Å². The third kappa shape index (κ3) is 3.28. The monoisotopic (exact) mass is 341 g/mol. The molecular weight excluding hydrogens is 330 g/mol. The molecule has 0 N–H and O–H groups in total. The van der Waals surface area contributed by atoms with Crippen LogP contribution in [-0.4, -0.2) is 11.2 Å². The molecule has 0 aliphatic rings. The van der Waals surface area contributed by atoms with E-state index in [2.05, 4.69) is 51.4 Å². The van der Waals surface area contributed by atoms with Gasteiger partial charge >= 0.3 is 0 Å². The first kappa shape index (κ1) is 13.9. The van der Waals surface area contributed by atoms with Crippen molar-refractivity contribution >= 4 is 39.3 Å². The topological polar surface area (TPSA) is 12.9 Å². The van der Waals surface area contributed by atoms with Crippen LogP contribution in [0, 0.1) is 0 Å². The van der Waals surface area contributed by atoms with Gasteiger partial charge in [0.2, 0.25) is 0 Å². The zero-order valence-electron chi connectivity index (χ0n) is 9.94. The van der Waals surface area contributed by atoms with Crippen molar-refractivity contribution in [3.63, 3.8) is 0 Å². The van der Waals surface area contributed by atoms with E-state index in [9.17, 15) is 0 Å². The second kappa shape index (κ2) is 6.60. The van der Waals surface area contributed by atoms with Gasteiger partial charge in [-0.15, -0.1) is 11.8 Å². The highest BCUT2D eigenvalue weighted by Gasteiger charge is 2.13. The molecule has 0 bridgehead atoms. The van der Waals surface area contributed by atoms with E-state index in [0.29, 0.717) is 0 Å². The molecule has 0 saturated heterocycles. The summed E-state index contributed by atoms with van der Waals surface area (Å²) >= 11 is 11.7. The van der Waals surface area contributed by atoms with Crippen LogP contribution in [0.3, 0.4) is 0 Å². The van der Waals surface area contributed by atoms with Crippen molar-refractivity contribution in [3.8, 4) is 0 Å². The van der Waals surface area contributed by atoms with Gasteiger partial charge in [-0.1, -0.05) is 45.7 Å². The molecule has 1 aromatic heterocycles. The minimum Gasteiger partial charge on any atom is -0.263 e. The third-order valence-electron chi connectivity index (χ3n) is 2.73. The van der Waals surface area contributed by atoms with Crippen molar-refractivity contribution in [2.75, 3.05) is 6.26 Å². The first-order valence-electron chi connectivity index (χ1n) is 5.57. The van der Waals surface area contributed by atoms with E-state index in [4.69, 9.17) is 11.6 Å². The predicted octanol–water partition coefficient (Wildman–Crippen LogP) is 5.14. The Morgan fingerprint density at radius 1 is 1.33 bits per heavy atom. The third-order valence-corrected chi connectivity index (χ3v) is 4.70. The van der Waals surface area contributed by atoms with E-state index >= 15 is 0 Å². The van der Waals surface area contributed by atoms with Crippen LogP contribution in [0.1, 0.15) is 16.0 Å². The highest BCUT2D eigenvalue weighted by molar-refractivity contribution is 9.09. The largest absolute Gasteiger partial charge is 0.263 e. The molecule has 1 atom stereocenters. The molecule has 94 valence electrons. The SMILES string of the molecule is CSc1ccccc1C(Br)Cc1ccncc1Cl. The van der Waals surface area contributed by atoms with E-state index in [0.717, 1.165) is 17.0 Å². The van der Waals surface area contributed by atoms with Crippen LogP contribution in [0.25, 0.3) is 0 Å². The lowest BCUT2D eigenvalue weighted by molar-refractivity contribution is 0.921. The predicted molar refractivity (Wildman–Crippen MR) is 82.8 cm³/mol. The molecule has 18 heavy (non-hydrogen) atoms. The molecule has 0 spiro atoms. The van der Waals surface area contributed by atoms with Gasteiger partial charge in [0.25, 0.3) is 0 Å². The first-order chi connectivity index (χ1) is 8.72. The average Bonchev–Trinajstić information content (AvgIpc) is 2.41. The Morgan fingerprint density at radius 3 is 2.83 bits per heavy atom. The molecule has 4 heteroatoms. The Kier molecular flexibility index (Phi) is 5.10. The molecule has 1 heterocycles. The van der Waals surface area contributed by atoms with Crippen molar-refractivity contribution in [3.05, 3.63) is 58.9 Å². The molecule has 2 aromatic rings. The van der Waals surface area contributed by atoms with Crippen LogP contribution >= 0.6 is 39.3 Å². The Bertz CT molecular complexity index is 533. The molecule has 0 fully saturated rings.